The zero-order valence-corrected chi connectivity index (χ0v) is 5.95. The van der Waals surface area contributed by atoms with Crippen LogP contribution in [0.3, 0.4) is 0 Å². The number of hydrogen-bond acceptors (Lipinski definition) is 1. The molecule has 0 saturated heterocycles. The van der Waals surface area contributed by atoms with E-state index in [0.29, 0.717) is 6.07 Å². The lowest BCUT2D eigenvalue weighted by Crippen LogP contribution is -2.18. The van der Waals surface area contributed by atoms with Crippen LogP contribution >= 0.6 is 0 Å². The Morgan fingerprint density at radius 3 is 2.38 bits per heavy atom. The van der Waals surface area contributed by atoms with E-state index in [9.17, 15) is 22.0 Å². The summed E-state index contributed by atoms with van der Waals surface area (Å²) in [6.45, 7) is 0. The van der Waals surface area contributed by atoms with Gasteiger partial charge in [0, 0.05) is 6.07 Å². The van der Waals surface area contributed by atoms with E-state index in [1.807, 2.05) is 0 Å². The summed E-state index contributed by atoms with van der Waals surface area (Å²) in [6.07, 6.45) is -5.03. The van der Waals surface area contributed by atoms with E-state index in [1.54, 1.807) is 6.07 Å². The van der Waals surface area contributed by atoms with Gasteiger partial charge in [-0.15, -0.1) is 13.2 Å². The van der Waals surface area contributed by atoms with Crippen molar-refractivity contribution >= 4 is 0 Å². The first-order valence-electron chi connectivity index (χ1n) is 3.01. The van der Waals surface area contributed by atoms with Gasteiger partial charge in [-0.3, -0.25) is 0 Å². The predicted molar refractivity (Wildman–Crippen MR) is 31.9 cm³/mol. The van der Waals surface area contributed by atoms with E-state index in [4.69, 9.17) is 0 Å². The van der Waals surface area contributed by atoms with E-state index >= 15 is 0 Å². The van der Waals surface area contributed by atoms with Crippen molar-refractivity contribution in [2.75, 3.05) is 0 Å². The molecule has 0 amide bonds. The van der Waals surface area contributed by atoms with E-state index in [1.165, 1.54) is 0 Å². The van der Waals surface area contributed by atoms with Gasteiger partial charge >= 0.3 is 6.36 Å². The van der Waals surface area contributed by atoms with Gasteiger partial charge < -0.3 is 4.74 Å². The number of rotatable bonds is 1. The molecule has 0 saturated carbocycles. The highest BCUT2D eigenvalue weighted by atomic mass is 19.4. The molecule has 0 aromatic heterocycles. The number of benzene rings is 1. The van der Waals surface area contributed by atoms with Gasteiger partial charge in [0.15, 0.2) is 11.6 Å². The van der Waals surface area contributed by atoms with Gasteiger partial charge in [-0.1, -0.05) is 0 Å². The van der Waals surface area contributed by atoms with Gasteiger partial charge in [0.2, 0.25) is 5.82 Å². The summed E-state index contributed by atoms with van der Waals surface area (Å²) in [6, 6.07) is 3.16. The summed E-state index contributed by atoms with van der Waals surface area (Å²) in [5, 5.41) is 0. The van der Waals surface area contributed by atoms with Crippen molar-refractivity contribution in [2.45, 2.75) is 6.36 Å². The molecule has 0 spiro atoms. The maximum Gasteiger partial charge on any atom is 0.573 e. The molecular formula is C7H2F5O. The van der Waals surface area contributed by atoms with Crippen LogP contribution in [0.2, 0.25) is 0 Å². The van der Waals surface area contributed by atoms with Gasteiger partial charge in [0.1, 0.15) is 0 Å². The Morgan fingerprint density at radius 1 is 1.23 bits per heavy atom. The molecule has 1 nitrogen and oxygen atoms in total. The van der Waals surface area contributed by atoms with Crippen LogP contribution in [0.15, 0.2) is 12.1 Å². The molecule has 0 heterocycles. The molecule has 0 aliphatic heterocycles. The molecule has 0 unspecified atom stereocenters. The Hall–Kier alpha value is -1.33. The van der Waals surface area contributed by atoms with Crippen molar-refractivity contribution in [3.05, 3.63) is 29.8 Å². The monoisotopic (exact) mass is 197 g/mol. The molecule has 0 aliphatic rings. The fourth-order valence-corrected chi connectivity index (χ4v) is 0.639. The van der Waals surface area contributed by atoms with Crippen LogP contribution in [-0.4, -0.2) is 6.36 Å². The van der Waals surface area contributed by atoms with Crippen molar-refractivity contribution < 1.29 is 26.7 Å². The molecule has 0 fully saturated rings. The summed E-state index contributed by atoms with van der Waals surface area (Å²) < 4.78 is 62.6. The lowest BCUT2D eigenvalue weighted by molar-refractivity contribution is -0.275. The second-order valence-corrected chi connectivity index (χ2v) is 2.02. The fourth-order valence-electron chi connectivity index (χ4n) is 0.639. The third-order valence-electron chi connectivity index (χ3n) is 1.08. The maximum atomic E-state index is 12.5. The van der Waals surface area contributed by atoms with Crippen LogP contribution < -0.4 is 4.74 Å². The van der Waals surface area contributed by atoms with Gasteiger partial charge in [0.05, 0.1) is 0 Å². The number of alkyl halides is 3. The first-order chi connectivity index (χ1) is 5.90. The number of ether oxygens (including phenoxy) is 1. The Morgan fingerprint density at radius 2 is 1.85 bits per heavy atom. The van der Waals surface area contributed by atoms with Crippen LogP contribution in [-0.2, 0) is 0 Å². The molecule has 0 atom stereocenters. The van der Waals surface area contributed by atoms with E-state index < -0.39 is 23.7 Å². The van der Waals surface area contributed by atoms with Gasteiger partial charge in [-0.25, -0.2) is 4.39 Å². The molecule has 71 valence electrons. The normalized spacial score (nSPS) is 11.5. The van der Waals surface area contributed by atoms with E-state index in [2.05, 4.69) is 4.74 Å². The van der Waals surface area contributed by atoms with Crippen molar-refractivity contribution in [1.82, 2.24) is 0 Å². The quantitative estimate of drug-likeness (QED) is 0.629. The summed E-state index contributed by atoms with van der Waals surface area (Å²) >= 11 is 0. The Labute approximate surface area is 69.7 Å². The summed E-state index contributed by atoms with van der Waals surface area (Å²) in [4.78, 5) is 0. The summed E-state index contributed by atoms with van der Waals surface area (Å²) in [5.41, 5.74) is 0. The highest BCUT2D eigenvalue weighted by Crippen LogP contribution is 2.26. The fraction of sp³-hybridized carbons (Fsp3) is 0.143. The minimum atomic E-state index is -5.03. The first kappa shape index (κ1) is 9.76. The minimum absolute atomic E-state index is 0.631. The van der Waals surface area contributed by atoms with Crippen molar-refractivity contribution in [1.29, 1.82) is 0 Å². The second-order valence-electron chi connectivity index (χ2n) is 2.02. The minimum Gasteiger partial charge on any atom is -0.403 e. The third kappa shape index (κ3) is 2.57. The van der Waals surface area contributed by atoms with Crippen molar-refractivity contribution in [2.24, 2.45) is 0 Å². The summed E-state index contributed by atoms with van der Waals surface area (Å²) in [7, 11) is 0. The van der Waals surface area contributed by atoms with Crippen LogP contribution in [0.5, 0.6) is 5.75 Å². The van der Waals surface area contributed by atoms with Crippen molar-refractivity contribution in [3.8, 4) is 5.75 Å². The van der Waals surface area contributed by atoms with E-state index in [0.717, 1.165) is 6.07 Å². The van der Waals surface area contributed by atoms with Gasteiger partial charge in [-0.2, -0.15) is 4.39 Å². The standard InChI is InChI=1S/C7H2F5O/c8-4-2-1-3-5(6(4)9)13-7(10,11)12/h1,3H. The lowest BCUT2D eigenvalue weighted by atomic mass is 10.3. The molecule has 1 radical (unpaired) electrons. The molecule has 1 aromatic carbocycles. The molecular weight excluding hydrogens is 195 g/mol. The smallest absolute Gasteiger partial charge is 0.403 e. The number of hydrogen-bond donors (Lipinski definition) is 0. The Balaban J connectivity index is 2.96. The highest BCUT2D eigenvalue weighted by Gasteiger charge is 2.32. The molecule has 6 heteroatoms. The van der Waals surface area contributed by atoms with Crippen molar-refractivity contribution in [3.63, 3.8) is 0 Å². The van der Waals surface area contributed by atoms with Crippen LogP contribution in [0.1, 0.15) is 0 Å². The lowest BCUT2D eigenvalue weighted by Gasteiger charge is -2.08. The third-order valence-corrected chi connectivity index (χ3v) is 1.08. The highest BCUT2D eigenvalue weighted by molar-refractivity contribution is 5.24. The predicted octanol–water partition coefficient (Wildman–Crippen LogP) is 2.66. The largest absolute Gasteiger partial charge is 0.573 e. The molecule has 0 aliphatic carbocycles. The SMILES string of the molecule is Fc1[c]ccc(OC(F)(F)F)c1F. The van der Waals surface area contributed by atoms with Gasteiger partial charge in [-0.05, 0) is 12.1 Å². The summed E-state index contributed by atoms with van der Waals surface area (Å²) in [5.74, 6) is -4.43. The molecule has 1 aromatic rings. The Bertz CT molecular complexity index is 306. The topological polar surface area (TPSA) is 9.23 Å². The van der Waals surface area contributed by atoms with Crippen LogP contribution in [0, 0.1) is 17.7 Å². The molecule has 1 rings (SSSR count). The average Bonchev–Trinajstić information content (AvgIpc) is 1.96. The maximum absolute atomic E-state index is 12.5. The number of halogens is 5. The molecule has 13 heavy (non-hydrogen) atoms. The first-order valence-corrected chi connectivity index (χ1v) is 3.01. The average molecular weight is 197 g/mol. The van der Waals surface area contributed by atoms with Crippen LogP contribution in [0.25, 0.3) is 0 Å². The molecule has 0 bridgehead atoms. The zero-order chi connectivity index (χ0) is 10.1. The zero-order valence-electron chi connectivity index (χ0n) is 5.95. The molecule has 0 N–H and O–H groups in total. The van der Waals surface area contributed by atoms with E-state index in [-0.39, 0.29) is 0 Å². The van der Waals surface area contributed by atoms with Crippen LogP contribution in [0.4, 0.5) is 22.0 Å². The van der Waals surface area contributed by atoms with Gasteiger partial charge in [0.25, 0.3) is 0 Å². The second kappa shape index (κ2) is 3.20. The Kier molecular flexibility index (Phi) is 2.40.